The van der Waals surface area contributed by atoms with Gasteiger partial charge in [0.2, 0.25) is 6.29 Å². The fraction of sp³-hybridized carbons (Fsp3) is 0.556. The van der Waals surface area contributed by atoms with Gasteiger partial charge in [0.1, 0.15) is 88.9 Å². The van der Waals surface area contributed by atoms with Crippen molar-refractivity contribution in [3.8, 4) is 28.6 Å². The monoisotopic (exact) mass is 796 g/mol. The summed E-state index contributed by atoms with van der Waals surface area (Å²) in [7, 11) is 1.49. The summed E-state index contributed by atoms with van der Waals surface area (Å²) in [6.07, 6.45) is -24.9. The highest BCUT2D eigenvalue weighted by molar-refractivity contribution is 5.86. The van der Waals surface area contributed by atoms with Gasteiger partial charge in [-0.15, -0.1) is 0 Å². The quantitative estimate of drug-likeness (QED) is 0.0914. The summed E-state index contributed by atoms with van der Waals surface area (Å²) < 4.78 is 50.9. The highest BCUT2D eigenvalue weighted by Crippen LogP contribution is 2.36. The van der Waals surface area contributed by atoms with Crippen LogP contribution in [0.25, 0.3) is 22.3 Å². The third-order valence-corrected chi connectivity index (χ3v) is 9.71. The largest absolute Gasteiger partial charge is 0.507 e. The molecule has 15 atom stereocenters. The third kappa shape index (κ3) is 8.48. The van der Waals surface area contributed by atoms with E-state index in [-0.39, 0.29) is 22.5 Å². The number of methoxy groups -OCH3 is 1. The first-order valence-corrected chi connectivity index (χ1v) is 17.5. The summed E-state index contributed by atoms with van der Waals surface area (Å²) in [5.41, 5.74) is -0.249. The number of hydrogen-bond donors (Lipinski definition) is 9. The molecule has 0 bridgehead atoms. The van der Waals surface area contributed by atoms with Gasteiger partial charge in [-0.1, -0.05) is 0 Å². The molecule has 0 aliphatic carbocycles. The molecule has 0 unspecified atom stereocenters. The highest BCUT2D eigenvalue weighted by Gasteiger charge is 2.53. The average Bonchev–Trinajstić information content (AvgIpc) is 3.17. The number of phenols is 1. The van der Waals surface area contributed by atoms with Crippen LogP contribution in [0.1, 0.15) is 13.8 Å². The van der Waals surface area contributed by atoms with Crippen LogP contribution in [0.4, 0.5) is 0 Å². The van der Waals surface area contributed by atoms with Gasteiger partial charge in [0.25, 0.3) is 0 Å². The van der Waals surface area contributed by atoms with Crippen molar-refractivity contribution in [2.24, 2.45) is 0 Å². The predicted octanol–water partition coefficient (Wildman–Crippen LogP) is -2.40. The van der Waals surface area contributed by atoms with Gasteiger partial charge in [0.05, 0.1) is 26.4 Å². The molecule has 4 heterocycles. The van der Waals surface area contributed by atoms with E-state index in [1.54, 1.807) is 24.3 Å². The van der Waals surface area contributed by atoms with Crippen molar-refractivity contribution in [3.05, 3.63) is 52.7 Å². The Balaban J connectivity index is 1.33. The Kier molecular flexibility index (Phi) is 12.8. The molecule has 0 radical (unpaired) electrons. The first kappa shape index (κ1) is 41.6. The molecule has 0 amide bonds. The van der Waals surface area contributed by atoms with Crippen molar-refractivity contribution in [1.82, 2.24) is 0 Å². The zero-order valence-corrected chi connectivity index (χ0v) is 30.1. The molecule has 1 aromatic heterocycles. The maximum atomic E-state index is 13.1. The van der Waals surface area contributed by atoms with Crippen LogP contribution in [0.3, 0.4) is 0 Å². The summed E-state index contributed by atoms with van der Waals surface area (Å²) >= 11 is 0. The zero-order chi connectivity index (χ0) is 40.6. The molecular formula is C36H44O20. The number of hydrogen-bond acceptors (Lipinski definition) is 20. The molecule has 20 nitrogen and oxygen atoms in total. The number of phenolic OH excluding ortho intramolecular Hbond substituents is 1. The number of ether oxygens (including phenoxy) is 8. The van der Waals surface area contributed by atoms with Crippen LogP contribution in [-0.2, 0) is 33.2 Å². The molecule has 0 spiro atoms. The Labute approximate surface area is 317 Å². The number of benzene rings is 2. The van der Waals surface area contributed by atoms with Gasteiger partial charge < -0.3 is 88.3 Å². The van der Waals surface area contributed by atoms with E-state index in [9.17, 15) is 55.5 Å². The smallest absolute Gasteiger partial charge is 0.303 e. The molecule has 3 aliphatic heterocycles. The highest BCUT2D eigenvalue weighted by atomic mass is 16.8. The van der Waals surface area contributed by atoms with Crippen LogP contribution in [0.15, 0.2) is 51.7 Å². The summed E-state index contributed by atoms with van der Waals surface area (Å²) in [5, 5.41) is 95.2. The molecule has 2 aromatic carbocycles. The van der Waals surface area contributed by atoms with E-state index in [2.05, 4.69) is 0 Å². The Morgan fingerprint density at radius 3 is 2.07 bits per heavy atom. The fourth-order valence-electron chi connectivity index (χ4n) is 6.60. The van der Waals surface area contributed by atoms with E-state index in [1.165, 1.54) is 26.2 Å². The normalized spacial score (nSPS) is 36.2. The summed E-state index contributed by atoms with van der Waals surface area (Å²) in [4.78, 5) is 25.1. The maximum absolute atomic E-state index is 13.1. The minimum absolute atomic E-state index is 0.122. The van der Waals surface area contributed by atoms with Crippen LogP contribution in [0.2, 0.25) is 0 Å². The number of esters is 1. The lowest BCUT2D eigenvalue weighted by atomic mass is 9.97. The summed E-state index contributed by atoms with van der Waals surface area (Å²) in [6.45, 7) is 0.978. The van der Waals surface area contributed by atoms with Crippen LogP contribution in [0.5, 0.6) is 17.2 Å². The lowest BCUT2D eigenvalue weighted by Crippen LogP contribution is -2.66. The zero-order valence-electron chi connectivity index (χ0n) is 30.1. The van der Waals surface area contributed by atoms with E-state index in [4.69, 9.17) is 42.3 Å². The SMILES string of the molecule is COc1ccc(-c2cc(=O)c3c(O)cc(O[C@@H]4O[C@H](CO[C@@H]5O[C@H](C)[C@H](O)[C@@H](O)[C@H]5O)[C@@H](O)[C@@H](O)[C@H]4O[C@@H]4O[C@H](CO)[C@@H](O)[C@@H](O)[C@H]4OC(C)=O)cc3o2)cc1. The number of rotatable bonds is 11. The minimum Gasteiger partial charge on any atom is -0.507 e. The van der Waals surface area contributed by atoms with Crippen molar-refractivity contribution >= 4 is 16.9 Å². The second kappa shape index (κ2) is 17.2. The molecular weight excluding hydrogens is 752 g/mol. The van der Waals surface area contributed by atoms with Crippen LogP contribution in [0, 0.1) is 0 Å². The fourth-order valence-corrected chi connectivity index (χ4v) is 6.60. The van der Waals surface area contributed by atoms with Gasteiger partial charge in [-0.3, -0.25) is 9.59 Å². The van der Waals surface area contributed by atoms with Crippen molar-refractivity contribution in [3.63, 3.8) is 0 Å². The maximum Gasteiger partial charge on any atom is 0.303 e. The summed E-state index contributed by atoms with van der Waals surface area (Å²) in [5.74, 6) is -1.06. The molecule has 3 saturated heterocycles. The number of aromatic hydroxyl groups is 1. The number of carbonyl (C=O) groups is 1. The Hall–Kier alpha value is -4.00. The van der Waals surface area contributed by atoms with Gasteiger partial charge in [-0.05, 0) is 31.2 Å². The van der Waals surface area contributed by atoms with Gasteiger partial charge in [-0.2, -0.15) is 0 Å². The minimum atomic E-state index is -1.97. The van der Waals surface area contributed by atoms with E-state index in [0.717, 1.165) is 13.0 Å². The number of aliphatic hydroxyl groups excluding tert-OH is 8. The molecule has 3 aromatic rings. The van der Waals surface area contributed by atoms with E-state index >= 15 is 0 Å². The molecule has 56 heavy (non-hydrogen) atoms. The van der Waals surface area contributed by atoms with Gasteiger partial charge in [-0.25, -0.2) is 0 Å². The predicted molar refractivity (Wildman–Crippen MR) is 184 cm³/mol. The molecule has 9 N–H and O–H groups in total. The lowest BCUT2D eigenvalue weighted by molar-refractivity contribution is -0.363. The first-order chi connectivity index (χ1) is 26.6. The first-order valence-electron chi connectivity index (χ1n) is 17.5. The topological polar surface area (TPSA) is 303 Å². The molecule has 0 saturated carbocycles. The number of carbonyl (C=O) groups excluding carboxylic acids is 1. The molecule has 308 valence electrons. The molecule has 3 fully saturated rings. The summed E-state index contributed by atoms with van der Waals surface area (Å²) in [6, 6.07) is 10.0. The van der Waals surface area contributed by atoms with Crippen LogP contribution >= 0.6 is 0 Å². The molecule has 6 rings (SSSR count). The average molecular weight is 797 g/mol. The standard InChI is InChI=1S/C36H44O20/c1-13-25(41)28(44)31(47)34(50-13)49-12-23-27(43)30(46)33(56-36-32(51-14(2)38)29(45)26(42)22(11-37)54-36)35(55-23)52-17-8-18(39)24-19(40)10-20(53-21(24)9-17)15-4-6-16(48-3)7-5-15/h4-10,13,22-23,25-37,39,41-47H,11-12H2,1-3H3/t13-,22-,23-,25+,26-,27-,28-,29-,30-,31-,32-,33-,34-,35-,36+/m1/s1. The Bertz CT molecular complexity index is 1870. The van der Waals surface area contributed by atoms with Crippen molar-refractivity contribution < 1.29 is 93.1 Å². The van der Waals surface area contributed by atoms with Gasteiger partial charge in [0, 0.05) is 30.7 Å². The second-order valence-corrected chi connectivity index (χ2v) is 13.6. The van der Waals surface area contributed by atoms with Crippen LogP contribution in [-0.4, -0.2) is 164 Å². The van der Waals surface area contributed by atoms with Crippen molar-refractivity contribution in [2.75, 3.05) is 20.3 Å². The van der Waals surface area contributed by atoms with E-state index in [1.807, 2.05) is 0 Å². The van der Waals surface area contributed by atoms with Gasteiger partial charge in [0.15, 0.2) is 30.2 Å². The molecule has 20 heteroatoms. The van der Waals surface area contributed by atoms with Crippen LogP contribution < -0.4 is 14.9 Å². The Morgan fingerprint density at radius 1 is 0.750 bits per heavy atom. The number of aliphatic hydroxyl groups is 8. The second-order valence-electron chi connectivity index (χ2n) is 13.6. The third-order valence-electron chi connectivity index (χ3n) is 9.71. The molecule has 3 aliphatic rings. The van der Waals surface area contributed by atoms with E-state index < -0.39 is 122 Å². The van der Waals surface area contributed by atoms with Crippen molar-refractivity contribution in [2.45, 2.75) is 106 Å². The van der Waals surface area contributed by atoms with Gasteiger partial charge >= 0.3 is 5.97 Å². The Morgan fingerprint density at radius 2 is 1.41 bits per heavy atom. The van der Waals surface area contributed by atoms with Crippen molar-refractivity contribution in [1.29, 1.82) is 0 Å². The lowest BCUT2D eigenvalue weighted by Gasteiger charge is -2.47. The number of fused-ring (bicyclic) bond motifs is 1. The van der Waals surface area contributed by atoms with E-state index in [0.29, 0.717) is 11.3 Å².